The predicted octanol–water partition coefficient (Wildman–Crippen LogP) is 1.86. The summed E-state index contributed by atoms with van der Waals surface area (Å²) in [7, 11) is 1.64. The van der Waals surface area contributed by atoms with Crippen molar-refractivity contribution < 1.29 is 19.1 Å². The first kappa shape index (κ1) is 11.1. The van der Waals surface area contributed by atoms with Crippen molar-refractivity contribution in [2.75, 3.05) is 19.5 Å². The molecule has 0 saturated carbocycles. The van der Waals surface area contributed by atoms with Crippen molar-refractivity contribution >= 4 is 17.7 Å². The second-order valence-corrected chi connectivity index (χ2v) is 3.73. The maximum atomic E-state index is 10.6. The van der Waals surface area contributed by atoms with Crippen molar-refractivity contribution in [3.63, 3.8) is 0 Å². The molecule has 5 heteroatoms. The topological polar surface area (TPSA) is 59.7 Å². The maximum absolute atomic E-state index is 10.6. The minimum absolute atomic E-state index is 0.0370. The number of furan rings is 1. The minimum Gasteiger partial charge on any atom is -0.475 e. The average Bonchev–Trinajstić information content (AvgIpc) is 2.60. The highest BCUT2D eigenvalue weighted by Gasteiger charge is 2.13. The molecule has 0 aliphatic rings. The van der Waals surface area contributed by atoms with Crippen LogP contribution in [0, 0.1) is 0 Å². The summed E-state index contributed by atoms with van der Waals surface area (Å²) in [5, 5.41) is 8.73. The molecule has 4 nitrogen and oxygen atoms in total. The number of methoxy groups -OCH3 is 1. The summed E-state index contributed by atoms with van der Waals surface area (Å²) in [6.07, 6.45) is 1.40. The van der Waals surface area contributed by atoms with Gasteiger partial charge in [-0.3, -0.25) is 0 Å². The van der Waals surface area contributed by atoms with Crippen molar-refractivity contribution in [1.29, 1.82) is 0 Å². The summed E-state index contributed by atoms with van der Waals surface area (Å²) in [5.41, 5.74) is 0.721. The van der Waals surface area contributed by atoms with E-state index in [9.17, 15) is 4.79 Å². The van der Waals surface area contributed by atoms with Gasteiger partial charge in [0.25, 0.3) is 0 Å². The molecule has 0 unspecified atom stereocenters. The molecule has 1 aromatic rings. The van der Waals surface area contributed by atoms with Gasteiger partial charge in [-0.15, -0.1) is 0 Å². The number of thioether (sulfide) groups is 1. The van der Waals surface area contributed by atoms with Crippen LogP contribution in [0.1, 0.15) is 16.1 Å². The first-order chi connectivity index (χ1) is 6.75. The molecular formula is C9H12O4S. The third kappa shape index (κ3) is 3.08. The fourth-order valence-electron chi connectivity index (χ4n) is 0.961. The number of carbonyl (C=O) groups is 1. The number of rotatable bonds is 6. The fraction of sp³-hybridized carbons (Fsp3) is 0.444. The lowest BCUT2D eigenvalue weighted by Gasteiger charge is -1.99. The van der Waals surface area contributed by atoms with Crippen molar-refractivity contribution in [2.24, 2.45) is 0 Å². The average molecular weight is 216 g/mol. The summed E-state index contributed by atoms with van der Waals surface area (Å²) in [6, 6.07) is 1.68. The Morgan fingerprint density at radius 3 is 3.14 bits per heavy atom. The predicted molar refractivity (Wildman–Crippen MR) is 53.7 cm³/mol. The summed E-state index contributed by atoms with van der Waals surface area (Å²) >= 11 is 1.62. The number of carboxylic acid groups (broad SMARTS) is 1. The number of aromatic carboxylic acids is 1. The normalized spacial score (nSPS) is 10.4. The van der Waals surface area contributed by atoms with Crippen molar-refractivity contribution in [1.82, 2.24) is 0 Å². The Hall–Kier alpha value is -0.940. The van der Waals surface area contributed by atoms with Gasteiger partial charge >= 0.3 is 5.97 Å². The summed E-state index contributed by atoms with van der Waals surface area (Å²) < 4.78 is 9.72. The molecule has 78 valence electrons. The lowest BCUT2D eigenvalue weighted by molar-refractivity contribution is 0.0661. The molecule has 0 radical (unpaired) electrons. The molecule has 0 bridgehead atoms. The van der Waals surface area contributed by atoms with Crippen molar-refractivity contribution in [2.45, 2.75) is 5.75 Å². The molecule has 1 N–H and O–H groups in total. The minimum atomic E-state index is -1.02. The van der Waals surface area contributed by atoms with Gasteiger partial charge in [0.1, 0.15) is 0 Å². The molecule has 0 amide bonds. The van der Waals surface area contributed by atoms with E-state index < -0.39 is 5.97 Å². The first-order valence-electron chi connectivity index (χ1n) is 4.12. The number of carboxylic acids is 1. The number of hydrogen-bond donors (Lipinski definition) is 1. The van der Waals surface area contributed by atoms with Gasteiger partial charge in [0.05, 0.1) is 12.9 Å². The van der Waals surface area contributed by atoms with Crippen LogP contribution in [0.4, 0.5) is 0 Å². The summed E-state index contributed by atoms with van der Waals surface area (Å²) in [5.74, 6) is 0.509. The third-order valence-electron chi connectivity index (χ3n) is 1.63. The Morgan fingerprint density at radius 2 is 2.50 bits per heavy atom. The van der Waals surface area contributed by atoms with Crippen molar-refractivity contribution in [3.05, 3.63) is 23.7 Å². The van der Waals surface area contributed by atoms with E-state index in [1.54, 1.807) is 24.9 Å². The second-order valence-electron chi connectivity index (χ2n) is 2.63. The number of ether oxygens (including phenoxy) is 1. The number of hydrogen-bond acceptors (Lipinski definition) is 4. The molecule has 1 aromatic heterocycles. The Bertz CT molecular complexity index is 295. The van der Waals surface area contributed by atoms with Crippen LogP contribution in [-0.4, -0.2) is 30.5 Å². The molecule has 1 rings (SSSR count). The van der Waals surface area contributed by atoms with Crippen LogP contribution in [0.3, 0.4) is 0 Å². The van der Waals surface area contributed by atoms with E-state index >= 15 is 0 Å². The molecule has 0 aliphatic carbocycles. The van der Waals surface area contributed by atoms with Gasteiger partial charge in [0.15, 0.2) is 0 Å². The lowest BCUT2D eigenvalue weighted by Crippen LogP contribution is -1.98. The molecule has 14 heavy (non-hydrogen) atoms. The SMILES string of the molecule is COCCSCc1ccoc1C(=O)O. The molecule has 0 aliphatic heterocycles. The lowest BCUT2D eigenvalue weighted by atomic mass is 10.3. The van der Waals surface area contributed by atoms with Crippen LogP contribution in [0.25, 0.3) is 0 Å². The molecule has 0 saturated heterocycles. The van der Waals surface area contributed by atoms with Crippen LogP contribution >= 0.6 is 11.8 Å². The van der Waals surface area contributed by atoms with Gasteiger partial charge in [-0.25, -0.2) is 4.79 Å². The Balaban J connectivity index is 2.42. The van der Waals surface area contributed by atoms with Gasteiger partial charge in [0.2, 0.25) is 5.76 Å². The van der Waals surface area contributed by atoms with Crippen LogP contribution in [0.15, 0.2) is 16.7 Å². The van der Waals surface area contributed by atoms with Crippen LogP contribution in [0.5, 0.6) is 0 Å². The van der Waals surface area contributed by atoms with E-state index in [-0.39, 0.29) is 5.76 Å². The van der Waals surface area contributed by atoms with Gasteiger partial charge < -0.3 is 14.3 Å². The zero-order valence-corrected chi connectivity index (χ0v) is 8.67. The van der Waals surface area contributed by atoms with E-state index in [4.69, 9.17) is 14.3 Å². The summed E-state index contributed by atoms with van der Waals surface area (Å²) in [6.45, 7) is 0.672. The molecular weight excluding hydrogens is 204 g/mol. The standard InChI is InChI=1S/C9H12O4S/c1-12-4-5-14-6-7-2-3-13-8(7)9(10)11/h2-3H,4-6H2,1H3,(H,10,11). The fourth-order valence-corrected chi connectivity index (χ4v) is 1.84. The van der Waals surface area contributed by atoms with Crippen molar-refractivity contribution in [3.8, 4) is 0 Å². The monoisotopic (exact) mass is 216 g/mol. The molecule has 0 fully saturated rings. The summed E-state index contributed by atoms with van der Waals surface area (Å²) in [4.78, 5) is 10.6. The van der Waals surface area contributed by atoms with Crippen LogP contribution in [0.2, 0.25) is 0 Å². The van der Waals surface area contributed by atoms with Gasteiger partial charge in [-0.1, -0.05) is 0 Å². The van der Waals surface area contributed by atoms with Gasteiger partial charge in [-0.05, 0) is 6.07 Å². The van der Waals surface area contributed by atoms with E-state index in [0.29, 0.717) is 12.4 Å². The van der Waals surface area contributed by atoms with Crippen LogP contribution < -0.4 is 0 Å². The molecule has 0 atom stereocenters. The largest absolute Gasteiger partial charge is 0.475 e. The van der Waals surface area contributed by atoms with E-state index in [0.717, 1.165) is 11.3 Å². The zero-order valence-electron chi connectivity index (χ0n) is 7.86. The highest BCUT2D eigenvalue weighted by Crippen LogP contribution is 2.17. The molecule has 1 heterocycles. The second kappa shape index (κ2) is 5.72. The Labute approximate surface area is 86.2 Å². The highest BCUT2D eigenvalue weighted by molar-refractivity contribution is 7.98. The van der Waals surface area contributed by atoms with Gasteiger partial charge in [-0.2, -0.15) is 11.8 Å². The van der Waals surface area contributed by atoms with Gasteiger partial charge in [0, 0.05) is 24.2 Å². The Kier molecular flexibility index (Phi) is 4.55. The quantitative estimate of drug-likeness (QED) is 0.735. The zero-order chi connectivity index (χ0) is 10.4. The first-order valence-corrected chi connectivity index (χ1v) is 5.27. The van der Waals surface area contributed by atoms with E-state index in [1.165, 1.54) is 6.26 Å². The maximum Gasteiger partial charge on any atom is 0.372 e. The molecule has 0 aromatic carbocycles. The third-order valence-corrected chi connectivity index (χ3v) is 2.60. The van der Waals surface area contributed by atoms with E-state index in [1.807, 2.05) is 0 Å². The highest BCUT2D eigenvalue weighted by atomic mass is 32.2. The smallest absolute Gasteiger partial charge is 0.372 e. The molecule has 0 spiro atoms. The van der Waals surface area contributed by atoms with Crippen LogP contribution in [-0.2, 0) is 10.5 Å². The van der Waals surface area contributed by atoms with E-state index in [2.05, 4.69) is 0 Å². The Morgan fingerprint density at radius 1 is 1.71 bits per heavy atom.